The van der Waals surface area contributed by atoms with Crippen molar-refractivity contribution in [1.82, 2.24) is 9.36 Å². The molecule has 0 aliphatic rings. The van der Waals surface area contributed by atoms with Gasteiger partial charge in [-0.1, -0.05) is 30.3 Å². The SMILES string of the molecule is Cc1nc(C(=O)OCc2ccccc2)ns1. The van der Waals surface area contributed by atoms with Crippen LogP contribution in [0.15, 0.2) is 30.3 Å². The predicted molar refractivity (Wildman–Crippen MR) is 60.2 cm³/mol. The fraction of sp³-hybridized carbons (Fsp3) is 0.182. The maximum atomic E-state index is 11.5. The fourth-order valence-electron chi connectivity index (χ4n) is 1.17. The highest BCUT2D eigenvalue weighted by atomic mass is 32.1. The van der Waals surface area contributed by atoms with E-state index in [2.05, 4.69) is 9.36 Å². The Labute approximate surface area is 97.1 Å². The molecule has 0 aliphatic heterocycles. The summed E-state index contributed by atoms with van der Waals surface area (Å²) in [6.07, 6.45) is 0. The van der Waals surface area contributed by atoms with Crippen LogP contribution in [0.1, 0.15) is 21.2 Å². The molecule has 2 aromatic rings. The Bertz CT molecular complexity index is 482. The number of hydrogen-bond donors (Lipinski definition) is 0. The van der Waals surface area contributed by atoms with E-state index in [0.717, 1.165) is 10.6 Å². The number of carbonyl (C=O) groups excluding carboxylic acids is 1. The van der Waals surface area contributed by atoms with Crippen LogP contribution in [0.2, 0.25) is 0 Å². The van der Waals surface area contributed by atoms with Gasteiger partial charge in [-0.2, -0.15) is 4.37 Å². The van der Waals surface area contributed by atoms with Crippen molar-refractivity contribution in [2.75, 3.05) is 0 Å². The summed E-state index contributed by atoms with van der Waals surface area (Å²) in [4.78, 5) is 15.4. The van der Waals surface area contributed by atoms with Gasteiger partial charge in [-0.05, 0) is 24.0 Å². The van der Waals surface area contributed by atoms with E-state index in [1.807, 2.05) is 30.3 Å². The summed E-state index contributed by atoms with van der Waals surface area (Å²) >= 11 is 1.19. The number of esters is 1. The Hall–Kier alpha value is -1.75. The monoisotopic (exact) mass is 234 g/mol. The minimum Gasteiger partial charge on any atom is -0.455 e. The van der Waals surface area contributed by atoms with Crippen molar-refractivity contribution in [1.29, 1.82) is 0 Å². The second-order valence-electron chi connectivity index (χ2n) is 3.20. The van der Waals surface area contributed by atoms with E-state index in [0.29, 0.717) is 0 Å². The maximum absolute atomic E-state index is 11.5. The Kier molecular flexibility index (Phi) is 3.26. The Morgan fingerprint density at radius 1 is 1.38 bits per heavy atom. The van der Waals surface area contributed by atoms with Crippen molar-refractivity contribution >= 4 is 17.5 Å². The molecule has 0 aliphatic carbocycles. The third-order valence-electron chi connectivity index (χ3n) is 1.92. The first-order chi connectivity index (χ1) is 7.75. The van der Waals surface area contributed by atoms with Crippen LogP contribution in [0.25, 0.3) is 0 Å². The highest BCUT2D eigenvalue weighted by molar-refractivity contribution is 7.05. The van der Waals surface area contributed by atoms with E-state index < -0.39 is 5.97 Å². The van der Waals surface area contributed by atoms with Gasteiger partial charge < -0.3 is 4.74 Å². The van der Waals surface area contributed by atoms with Crippen LogP contribution < -0.4 is 0 Å². The molecule has 0 spiro atoms. The number of ether oxygens (including phenoxy) is 1. The van der Waals surface area contributed by atoms with E-state index in [4.69, 9.17) is 4.74 Å². The van der Waals surface area contributed by atoms with Crippen molar-refractivity contribution in [2.24, 2.45) is 0 Å². The Morgan fingerprint density at radius 2 is 2.12 bits per heavy atom. The standard InChI is InChI=1S/C11H10N2O2S/c1-8-12-10(13-16-8)11(14)15-7-9-5-3-2-4-6-9/h2-6H,7H2,1H3. The zero-order valence-electron chi connectivity index (χ0n) is 8.71. The Morgan fingerprint density at radius 3 is 2.75 bits per heavy atom. The molecular formula is C11H10N2O2S. The lowest BCUT2D eigenvalue weighted by Crippen LogP contribution is -2.07. The van der Waals surface area contributed by atoms with E-state index in [9.17, 15) is 4.79 Å². The molecule has 5 heteroatoms. The molecule has 0 saturated carbocycles. The molecule has 0 saturated heterocycles. The lowest BCUT2D eigenvalue weighted by atomic mass is 10.2. The van der Waals surface area contributed by atoms with Gasteiger partial charge in [0.1, 0.15) is 11.6 Å². The normalized spacial score (nSPS) is 10.1. The zero-order chi connectivity index (χ0) is 11.4. The maximum Gasteiger partial charge on any atom is 0.377 e. The summed E-state index contributed by atoms with van der Waals surface area (Å²) in [6.45, 7) is 2.05. The molecule has 0 amide bonds. The molecule has 82 valence electrons. The second kappa shape index (κ2) is 4.85. The van der Waals surface area contributed by atoms with Crippen LogP contribution in [-0.2, 0) is 11.3 Å². The first-order valence-electron chi connectivity index (χ1n) is 4.77. The lowest BCUT2D eigenvalue weighted by Gasteiger charge is -2.01. The van der Waals surface area contributed by atoms with Crippen LogP contribution in [0, 0.1) is 6.92 Å². The van der Waals surface area contributed by atoms with Gasteiger partial charge in [0.05, 0.1) is 0 Å². The summed E-state index contributed by atoms with van der Waals surface area (Å²) < 4.78 is 8.95. The van der Waals surface area contributed by atoms with Crippen molar-refractivity contribution in [3.05, 3.63) is 46.7 Å². The van der Waals surface area contributed by atoms with Gasteiger partial charge in [0.25, 0.3) is 5.82 Å². The summed E-state index contributed by atoms with van der Waals surface area (Å²) in [5, 5.41) is 0.756. The topological polar surface area (TPSA) is 52.1 Å². The summed E-state index contributed by atoms with van der Waals surface area (Å²) in [7, 11) is 0. The number of benzene rings is 1. The van der Waals surface area contributed by atoms with Gasteiger partial charge in [0.2, 0.25) is 0 Å². The molecule has 0 N–H and O–H groups in total. The number of hydrogen-bond acceptors (Lipinski definition) is 5. The summed E-state index contributed by atoms with van der Waals surface area (Å²) in [5.74, 6) is -0.341. The molecule has 1 heterocycles. The van der Waals surface area contributed by atoms with Gasteiger partial charge in [-0.3, -0.25) is 0 Å². The van der Waals surface area contributed by atoms with E-state index in [1.54, 1.807) is 6.92 Å². The van der Waals surface area contributed by atoms with Crippen LogP contribution in [0.5, 0.6) is 0 Å². The van der Waals surface area contributed by atoms with Gasteiger partial charge in [0.15, 0.2) is 0 Å². The second-order valence-corrected chi connectivity index (χ2v) is 4.15. The van der Waals surface area contributed by atoms with Crippen LogP contribution in [0.3, 0.4) is 0 Å². The molecule has 2 rings (SSSR count). The zero-order valence-corrected chi connectivity index (χ0v) is 9.53. The number of nitrogens with zero attached hydrogens (tertiary/aromatic N) is 2. The van der Waals surface area contributed by atoms with Crippen LogP contribution in [0.4, 0.5) is 0 Å². The number of rotatable bonds is 3. The Balaban J connectivity index is 1.94. The molecule has 1 aromatic carbocycles. The molecule has 1 aromatic heterocycles. The van der Waals surface area contributed by atoms with E-state index in [1.165, 1.54) is 11.5 Å². The van der Waals surface area contributed by atoms with Crippen molar-refractivity contribution in [3.63, 3.8) is 0 Å². The highest BCUT2D eigenvalue weighted by Gasteiger charge is 2.12. The summed E-state index contributed by atoms with van der Waals surface area (Å²) in [5.41, 5.74) is 0.947. The molecule has 4 nitrogen and oxygen atoms in total. The van der Waals surface area contributed by atoms with Crippen molar-refractivity contribution < 1.29 is 9.53 Å². The molecule has 0 fully saturated rings. The fourth-order valence-corrected chi connectivity index (χ4v) is 1.63. The molecule has 16 heavy (non-hydrogen) atoms. The van der Waals surface area contributed by atoms with Gasteiger partial charge in [-0.15, -0.1) is 0 Å². The van der Waals surface area contributed by atoms with Crippen LogP contribution in [-0.4, -0.2) is 15.3 Å². The van der Waals surface area contributed by atoms with E-state index >= 15 is 0 Å². The minimum absolute atomic E-state index is 0.137. The van der Waals surface area contributed by atoms with Crippen molar-refractivity contribution in [3.8, 4) is 0 Å². The average molecular weight is 234 g/mol. The van der Waals surface area contributed by atoms with Crippen molar-refractivity contribution in [2.45, 2.75) is 13.5 Å². The lowest BCUT2D eigenvalue weighted by molar-refractivity contribution is 0.0460. The third-order valence-corrected chi connectivity index (χ3v) is 2.54. The van der Waals surface area contributed by atoms with Crippen LogP contribution >= 0.6 is 11.5 Å². The molecule has 0 bridgehead atoms. The first kappa shape index (κ1) is 10.8. The number of carbonyl (C=O) groups is 1. The average Bonchev–Trinajstić information content (AvgIpc) is 2.74. The minimum atomic E-state index is -0.479. The van der Waals surface area contributed by atoms with E-state index in [-0.39, 0.29) is 12.4 Å². The smallest absolute Gasteiger partial charge is 0.377 e. The number of aromatic nitrogens is 2. The van der Waals surface area contributed by atoms with Gasteiger partial charge in [0, 0.05) is 0 Å². The quantitative estimate of drug-likeness (QED) is 0.764. The molecule has 0 radical (unpaired) electrons. The largest absolute Gasteiger partial charge is 0.455 e. The van der Waals surface area contributed by atoms with Gasteiger partial charge in [-0.25, -0.2) is 9.78 Å². The molecule has 0 unspecified atom stereocenters. The third kappa shape index (κ3) is 2.64. The molecule has 0 atom stereocenters. The summed E-state index contributed by atoms with van der Waals surface area (Å²) in [6, 6.07) is 9.50. The number of aryl methyl sites for hydroxylation is 1. The predicted octanol–water partition coefficient (Wildman–Crippen LogP) is 2.20. The first-order valence-corrected chi connectivity index (χ1v) is 5.54. The highest BCUT2D eigenvalue weighted by Crippen LogP contribution is 2.06. The molecular weight excluding hydrogens is 224 g/mol. The van der Waals surface area contributed by atoms with Gasteiger partial charge >= 0.3 is 5.97 Å².